The van der Waals surface area contributed by atoms with Crippen molar-refractivity contribution >= 4 is 67.4 Å². The van der Waals surface area contributed by atoms with Crippen molar-refractivity contribution in [1.82, 2.24) is 4.98 Å². The van der Waals surface area contributed by atoms with Crippen molar-refractivity contribution in [2.75, 3.05) is 11.9 Å². The SMILES string of the molecule is CCOc1c(Cl)cc(C(=O)Nc2nc3ccc(Cl)cc3s2)cc1Cl. The maximum atomic E-state index is 12.4. The van der Waals surface area contributed by atoms with Crippen molar-refractivity contribution in [2.45, 2.75) is 6.92 Å². The highest BCUT2D eigenvalue weighted by atomic mass is 35.5. The molecule has 1 aromatic heterocycles. The number of carbonyl (C=O) groups excluding carboxylic acids is 1. The summed E-state index contributed by atoms with van der Waals surface area (Å²) in [6.07, 6.45) is 0. The fourth-order valence-corrected chi connectivity index (χ4v) is 3.83. The minimum absolute atomic E-state index is 0.283. The molecule has 1 heterocycles. The van der Waals surface area contributed by atoms with E-state index in [4.69, 9.17) is 39.5 Å². The van der Waals surface area contributed by atoms with Gasteiger partial charge in [0.05, 0.1) is 26.9 Å². The maximum Gasteiger partial charge on any atom is 0.257 e. The Bertz CT molecular complexity index is 904. The Labute approximate surface area is 157 Å². The van der Waals surface area contributed by atoms with E-state index < -0.39 is 0 Å². The average Bonchev–Trinajstić information content (AvgIpc) is 2.91. The van der Waals surface area contributed by atoms with Gasteiger partial charge < -0.3 is 4.74 Å². The van der Waals surface area contributed by atoms with Gasteiger partial charge in [-0.25, -0.2) is 4.98 Å². The van der Waals surface area contributed by atoms with Crippen LogP contribution in [0.4, 0.5) is 5.13 Å². The second-order valence-corrected chi connectivity index (χ2v) is 7.07. The van der Waals surface area contributed by atoms with Crippen LogP contribution in [0, 0.1) is 0 Å². The summed E-state index contributed by atoms with van der Waals surface area (Å²) < 4.78 is 6.24. The highest BCUT2D eigenvalue weighted by Gasteiger charge is 2.15. The fourth-order valence-electron chi connectivity index (χ4n) is 2.09. The van der Waals surface area contributed by atoms with Crippen molar-refractivity contribution < 1.29 is 9.53 Å². The van der Waals surface area contributed by atoms with Crippen LogP contribution in [0.15, 0.2) is 30.3 Å². The van der Waals surface area contributed by atoms with Gasteiger partial charge in [0.25, 0.3) is 5.91 Å². The number of halogens is 3. The maximum absolute atomic E-state index is 12.4. The molecule has 2 aromatic carbocycles. The van der Waals surface area contributed by atoms with Crippen LogP contribution in [0.25, 0.3) is 10.2 Å². The second-order valence-electron chi connectivity index (χ2n) is 4.79. The number of nitrogens with one attached hydrogen (secondary N) is 1. The summed E-state index contributed by atoms with van der Waals surface area (Å²) in [6.45, 7) is 2.26. The quantitative estimate of drug-likeness (QED) is 0.591. The molecule has 3 aromatic rings. The van der Waals surface area contributed by atoms with Crippen molar-refractivity contribution in [2.24, 2.45) is 0 Å². The number of amides is 1. The molecule has 1 N–H and O–H groups in total. The van der Waals surface area contributed by atoms with Crippen molar-refractivity contribution in [3.63, 3.8) is 0 Å². The average molecular weight is 402 g/mol. The lowest BCUT2D eigenvalue weighted by Crippen LogP contribution is -2.12. The van der Waals surface area contributed by atoms with Crippen molar-refractivity contribution in [3.8, 4) is 5.75 Å². The third-order valence-corrected chi connectivity index (χ3v) is 4.85. The van der Waals surface area contributed by atoms with Gasteiger partial charge in [0.15, 0.2) is 10.9 Å². The molecular formula is C16H11Cl3N2O2S. The van der Waals surface area contributed by atoms with E-state index in [1.54, 1.807) is 18.2 Å². The molecule has 0 unspecified atom stereocenters. The highest BCUT2D eigenvalue weighted by molar-refractivity contribution is 7.22. The standard InChI is InChI=1S/C16H11Cl3N2O2S/c1-2-23-14-10(18)5-8(6-11(14)19)15(22)21-16-20-12-4-3-9(17)7-13(12)24-16/h3-7H,2H2,1H3,(H,20,21,22). The monoisotopic (exact) mass is 400 g/mol. The predicted octanol–water partition coefficient (Wildman–Crippen LogP) is 5.91. The van der Waals surface area contributed by atoms with Crippen LogP contribution in [0.1, 0.15) is 17.3 Å². The van der Waals surface area contributed by atoms with Gasteiger partial charge in [-0.05, 0) is 37.3 Å². The Balaban J connectivity index is 1.86. The van der Waals surface area contributed by atoms with E-state index in [0.29, 0.717) is 28.1 Å². The Morgan fingerprint density at radius 1 is 1.21 bits per heavy atom. The highest BCUT2D eigenvalue weighted by Crippen LogP contribution is 2.35. The van der Waals surface area contributed by atoms with Gasteiger partial charge in [0, 0.05) is 10.6 Å². The molecular weight excluding hydrogens is 391 g/mol. The number of ether oxygens (including phenoxy) is 1. The van der Waals surface area contributed by atoms with E-state index in [0.717, 1.165) is 10.2 Å². The molecule has 0 spiro atoms. The Morgan fingerprint density at radius 3 is 2.58 bits per heavy atom. The molecule has 3 rings (SSSR count). The van der Waals surface area contributed by atoms with Gasteiger partial charge in [-0.3, -0.25) is 10.1 Å². The number of nitrogens with zero attached hydrogens (tertiary/aromatic N) is 1. The fraction of sp³-hybridized carbons (Fsp3) is 0.125. The first-order chi connectivity index (χ1) is 11.5. The van der Waals surface area contributed by atoms with Gasteiger partial charge in [0.1, 0.15) is 0 Å². The Kier molecular flexibility index (Phi) is 5.15. The van der Waals surface area contributed by atoms with Gasteiger partial charge in [-0.15, -0.1) is 0 Å². The zero-order valence-electron chi connectivity index (χ0n) is 12.4. The molecule has 0 aliphatic rings. The minimum atomic E-state index is -0.355. The number of anilines is 1. The molecule has 0 radical (unpaired) electrons. The summed E-state index contributed by atoms with van der Waals surface area (Å²) in [4.78, 5) is 16.8. The minimum Gasteiger partial charge on any atom is -0.491 e. The zero-order chi connectivity index (χ0) is 17.3. The third kappa shape index (κ3) is 3.59. The molecule has 24 heavy (non-hydrogen) atoms. The van der Waals surface area contributed by atoms with Crippen LogP contribution in [0.5, 0.6) is 5.75 Å². The summed E-state index contributed by atoms with van der Waals surface area (Å²) in [5.41, 5.74) is 1.09. The van der Waals surface area contributed by atoms with E-state index in [2.05, 4.69) is 10.3 Å². The summed E-state index contributed by atoms with van der Waals surface area (Å²) in [5.74, 6) is 0.0130. The predicted molar refractivity (Wildman–Crippen MR) is 100 cm³/mol. The number of hydrogen-bond acceptors (Lipinski definition) is 4. The van der Waals surface area contributed by atoms with Gasteiger partial charge in [-0.1, -0.05) is 46.1 Å². The Hall–Kier alpha value is -1.53. The second kappa shape index (κ2) is 7.15. The number of benzene rings is 2. The number of rotatable bonds is 4. The smallest absolute Gasteiger partial charge is 0.257 e. The van der Waals surface area contributed by atoms with Crippen LogP contribution in [0.3, 0.4) is 0 Å². The molecule has 0 bridgehead atoms. The number of fused-ring (bicyclic) bond motifs is 1. The number of aromatic nitrogens is 1. The number of hydrogen-bond donors (Lipinski definition) is 1. The molecule has 0 saturated carbocycles. The van der Waals surface area contributed by atoms with E-state index >= 15 is 0 Å². The van der Waals surface area contributed by atoms with E-state index in [1.165, 1.54) is 23.5 Å². The summed E-state index contributed by atoms with van der Waals surface area (Å²) in [6, 6.07) is 8.38. The van der Waals surface area contributed by atoms with Gasteiger partial charge >= 0.3 is 0 Å². The van der Waals surface area contributed by atoms with Crippen LogP contribution in [-0.2, 0) is 0 Å². The molecule has 8 heteroatoms. The molecule has 4 nitrogen and oxygen atoms in total. The topological polar surface area (TPSA) is 51.2 Å². The van der Waals surface area contributed by atoms with Gasteiger partial charge in [-0.2, -0.15) is 0 Å². The van der Waals surface area contributed by atoms with Crippen molar-refractivity contribution in [1.29, 1.82) is 0 Å². The third-order valence-electron chi connectivity index (χ3n) is 3.12. The first-order valence-corrected chi connectivity index (χ1v) is 8.92. The zero-order valence-corrected chi connectivity index (χ0v) is 15.5. The molecule has 0 aliphatic carbocycles. The molecule has 0 saturated heterocycles. The van der Waals surface area contributed by atoms with Crippen molar-refractivity contribution in [3.05, 3.63) is 51.0 Å². The number of carbonyl (C=O) groups is 1. The van der Waals surface area contributed by atoms with Crippen LogP contribution >= 0.6 is 46.1 Å². The Morgan fingerprint density at radius 2 is 1.92 bits per heavy atom. The molecule has 124 valence electrons. The lowest BCUT2D eigenvalue weighted by Gasteiger charge is -2.10. The number of thiazole rings is 1. The normalized spacial score (nSPS) is 10.8. The van der Waals surface area contributed by atoms with E-state index in [1.807, 2.05) is 6.92 Å². The molecule has 0 atom stereocenters. The van der Waals surface area contributed by atoms with Crippen LogP contribution in [-0.4, -0.2) is 17.5 Å². The summed E-state index contributed by atoms with van der Waals surface area (Å²) in [7, 11) is 0. The summed E-state index contributed by atoms with van der Waals surface area (Å²) >= 11 is 19.5. The molecule has 0 fully saturated rings. The van der Waals surface area contributed by atoms with Crippen LogP contribution in [0.2, 0.25) is 15.1 Å². The first-order valence-electron chi connectivity index (χ1n) is 6.97. The lowest BCUT2D eigenvalue weighted by molar-refractivity contribution is 0.102. The molecule has 1 amide bonds. The summed E-state index contributed by atoms with van der Waals surface area (Å²) in [5, 5.41) is 4.40. The van der Waals surface area contributed by atoms with E-state index in [-0.39, 0.29) is 16.0 Å². The van der Waals surface area contributed by atoms with E-state index in [9.17, 15) is 4.79 Å². The van der Waals surface area contributed by atoms with Crippen LogP contribution < -0.4 is 10.1 Å². The largest absolute Gasteiger partial charge is 0.491 e. The first kappa shape index (κ1) is 17.3. The van der Waals surface area contributed by atoms with Gasteiger partial charge in [0.2, 0.25) is 0 Å². The molecule has 0 aliphatic heterocycles. The lowest BCUT2D eigenvalue weighted by atomic mass is 10.2.